The lowest BCUT2D eigenvalue weighted by molar-refractivity contribution is -0.127. The van der Waals surface area contributed by atoms with Crippen molar-refractivity contribution in [3.63, 3.8) is 0 Å². The van der Waals surface area contributed by atoms with Crippen molar-refractivity contribution >= 4 is 28.3 Å². The highest BCUT2D eigenvalue weighted by Crippen LogP contribution is 2.60. The Kier molecular flexibility index (Phi) is 3.52. The number of hydrogen-bond acceptors (Lipinski definition) is 3. The summed E-state index contributed by atoms with van der Waals surface area (Å²) in [6.45, 7) is 1.96. The molecule has 4 heteroatoms. The van der Waals surface area contributed by atoms with Crippen molar-refractivity contribution in [2.45, 2.75) is 13.3 Å². The monoisotopic (exact) mass is 395 g/mol. The molecule has 1 aliphatic heterocycles. The highest BCUT2D eigenvalue weighted by molar-refractivity contribution is 6.24. The van der Waals surface area contributed by atoms with Crippen molar-refractivity contribution in [1.29, 1.82) is 0 Å². The highest BCUT2D eigenvalue weighted by atomic mass is 16.5. The SMILES string of the molecule is C[C@@]12C(=O)N(c3ccc(Oc4ccc5ccccc5c4)cc3)C(=O)[C@H]1[C@H]1C=C[C@@H]2C1. The van der Waals surface area contributed by atoms with Crippen molar-refractivity contribution in [2.24, 2.45) is 23.2 Å². The molecule has 2 amide bonds. The average Bonchev–Trinajstić information content (AvgIpc) is 3.40. The van der Waals surface area contributed by atoms with Crippen molar-refractivity contribution < 1.29 is 14.3 Å². The van der Waals surface area contributed by atoms with E-state index in [0.717, 1.165) is 22.9 Å². The van der Waals surface area contributed by atoms with Crippen LogP contribution in [0.1, 0.15) is 13.3 Å². The lowest BCUT2D eigenvalue weighted by atomic mass is 9.71. The number of ether oxygens (including phenoxy) is 1. The molecule has 4 nitrogen and oxygen atoms in total. The van der Waals surface area contributed by atoms with Crippen LogP contribution in [0.15, 0.2) is 78.9 Å². The topological polar surface area (TPSA) is 46.6 Å². The van der Waals surface area contributed by atoms with E-state index in [1.54, 1.807) is 12.1 Å². The number of carbonyl (C=O) groups is 2. The Morgan fingerprint density at radius 1 is 0.900 bits per heavy atom. The van der Waals surface area contributed by atoms with Crippen molar-refractivity contribution in [3.05, 3.63) is 78.9 Å². The number of anilines is 1. The summed E-state index contributed by atoms with van der Waals surface area (Å²) in [5.41, 5.74) is 0.0161. The second-order valence-electron chi connectivity index (χ2n) is 8.74. The van der Waals surface area contributed by atoms with E-state index in [0.29, 0.717) is 11.4 Å². The number of hydrogen-bond donors (Lipinski definition) is 0. The van der Waals surface area contributed by atoms with Gasteiger partial charge in [0.05, 0.1) is 17.0 Å². The van der Waals surface area contributed by atoms with Crippen LogP contribution >= 0.6 is 0 Å². The maximum absolute atomic E-state index is 13.2. The van der Waals surface area contributed by atoms with E-state index in [1.807, 2.05) is 49.4 Å². The smallest absolute Gasteiger partial charge is 0.241 e. The fourth-order valence-electron chi connectivity index (χ4n) is 5.58. The number of imide groups is 1. The van der Waals surface area contributed by atoms with Gasteiger partial charge in [0.2, 0.25) is 11.8 Å². The van der Waals surface area contributed by atoms with E-state index >= 15 is 0 Å². The van der Waals surface area contributed by atoms with Crippen molar-refractivity contribution in [2.75, 3.05) is 4.90 Å². The summed E-state index contributed by atoms with van der Waals surface area (Å²) < 4.78 is 6.00. The van der Waals surface area contributed by atoms with Gasteiger partial charge in [-0.15, -0.1) is 0 Å². The molecular formula is C26H21NO3. The predicted octanol–water partition coefficient (Wildman–Crippen LogP) is 5.33. The number of benzene rings is 3. The fourth-order valence-corrected chi connectivity index (χ4v) is 5.58. The summed E-state index contributed by atoms with van der Waals surface area (Å²) in [5, 5.41) is 2.27. The van der Waals surface area contributed by atoms with Gasteiger partial charge in [-0.2, -0.15) is 0 Å². The Bertz CT molecular complexity index is 1230. The Hall–Kier alpha value is -3.40. The molecule has 2 fully saturated rings. The largest absolute Gasteiger partial charge is 0.457 e. The minimum absolute atomic E-state index is 0.0671. The van der Waals surface area contributed by atoms with Crippen LogP contribution in [0.2, 0.25) is 0 Å². The zero-order valence-corrected chi connectivity index (χ0v) is 16.6. The summed E-state index contributed by atoms with van der Waals surface area (Å²) >= 11 is 0. The summed E-state index contributed by atoms with van der Waals surface area (Å²) in [5.74, 6) is 1.41. The van der Waals surface area contributed by atoms with Crippen LogP contribution in [0.25, 0.3) is 10.8 Å². The van der Waals surface area contributed by atoms with Crippen molar-refractivity contribution in [3.8, 4) is 11.5 Å². The molecule has 0 aromatic heterocycles. The molecule has 1 saturated carbocycles. The number of amides is 2. The van der Waals surface area contributed by atoms with E-state index in [2.05, 4.69) is 24.3 Å². The maximum atomic E-state index is 13.2. The molecule has 3 aliphatic rings. The molecule has 1 saturated heterocycles. The number of allylic oxidation sites excluding steroid dienone is 2. The van der Waals surface area contributed by atoms with Crippen LogP contribution in [0, 0.1) is 23.2 Å². The Morgan fingerprint density at radius 2 is 1.63 bits per heavy atom. The lowest BCUT2D eigenvalue weighted by Gasteiger charge is -2.28. The van der Waals surface area contributed by atoms with Gasteiger partial charge in [0.25, 0.3) is 0 Å². The molecule has 4 atom stereocenters. The molecule has 0 spiro atoms. The van der Waals surface area contributed by atoms with Crippen LogP contribution in [-0.4, -0.2) is 11.8 Å². The van der Waals surface area contributed by atoms with Gasteiger partial charge in [-0.25, -0.2) is 4.90 Å². The van der Waals surface area contributed by atoms with Gasteiger partial charge < -0.3 is 4.74 Å². The Balaban J connectivity index is 1.26. The standard InChI is InChI=1S/C26H21NO3/c1-26-19-8-6-18(14-19)23(26)24(28)27(25(26)29)20-9-12-21(13-10-20)30-22-11-7-16-4-2-3-5-17(16)15-22/h2-13,15,18-19,23H,14H2,1H3/t18-,19+,23+,26-/m0/s1. The molecule has 3 aromatic rings. The fraction of sp³-hybridized carbons (Fsp3) is 0.231. The summed E-state index contributed by atoms with van der Waals surface area (Å²) in [7, 11) is 0. The normalized spacial score (nSPS) is 29.1. The van der Waals surface area contributed by atoms with E-state index in [4.69, 9.17) is 4.74 Å². The zero-order chi connectivity index (χ0) is 20.5. The molecule has 0 unspecified atom stereocenters. The average molecular weight is 395 g/mol. The zero-order valence-electron chi connectivity index (χ0n) is 16.6. The summed E-state index contributed by atoms with van der Waals surface area (Å²) in [4.78, 5) is 27.8. The highest BCUT2D eigenvalue weighted by Gasteiger charge is 2.67. The Labute approximate surface area is 174 Å². The van der Waals surface area contributed by atoms with Gasteiger partial charge in [0.15, 0.2) is 0 Å². The second kappa shape index (κ2) is 6.05. The van der Waals surface area contributed by atoms with Crippen LogP contribution in [0.5, 0.6) is 11.5 Å². The van der Waals surface area contributed by atoms with Crippen LogP contribution < -0.4 is 9.64 Å². The molecule has 0 radical (unpaired) electrons. The first kappa shape index (κ1) is 17.5. The first-order chi connectivity index (χ1) is 14.6. The molecule has 3 aromatic carbocycles. The molecule has 6 rings (SSSR count). The number of rotatable bonds is 3. The minimum Gasteiger partial charge on any atom is -0.457 e. The Morgan fingerprint density at radius 3 is 2.40 bits per heavy atom. The molecule has 2 bridgehead atoms. The van der Waals surface area contributed by atoms with E-state index in [-0.39, 0.29) is 29.6 Å². The molecule has 2 aliphatic carbocycles. The van der Waals surface area contributed by atoms with Gasteiger partial charge in [0.1, 0.15) is 11.5 Å². The minimum atomic E-state index is -0.600. The quantitative estimate of drug-likeness (QED) is 0.445. The summed E-state index contributed by atoms with van der Waals surface area (Å²) in [6.07, 6.45) is 5.16. The number of nitrogens with zero attached hydrogens (tertiary/aromatic N) is 1. The van der Waals surface area contributed by atoms with Gasteiger partial charge >= 0.3 is 0 Å². The van der Waals surface area contributed by atoms with Gasteiger partial charge in [-0.05, 0) is 72.4 Å². The van der Waals surface area contributed by atoms with E-state index < -0.39 is 5.41 Å². The third kappa shape index (κ3) is 2.28. The number of fused-ring (bicyclic) bond motifs is 6. The first-order valence-corrected chi connectivity index (χ1v) is 10.4. The van der Waals surface area contributed by atoms with Crippen LogP contribution in [0.4, 0.5) is 5.69 Å². The van der Waals surface area contributed by atoms with Crippen molar-refractivity contribution in [1.82, 2.24) is 0 Å². The molecule has 1 heterocycles. The molecule has 30 heavy (non-hydrogen) atoms. The molecule has 0 N–H and O–H groups in total. The van der Waals surface area contributed by atoms with E-state index in [9.17, 15) is 9.59 Å². The maximum Gasteiger partial charge on any atom is 0.241 e. The first-order valence-electron chi connectivity index (χ1n) is 10.4. The van der Waals surface area contributed by atoms with Gasteiger partial charge in [-0.3, -0.25) is 9.59 Å². The van der Waals surface area contributed by atoms with Crippen LogP contribution in [0.3, 0.4) is 0 Å². The van der Waals surface area contributed by atoms with Crippen LogP contribution in [-0.2, 0) is 9.59 Å². The summed E-state index contributed by atoms with van der Waals surface area (Å²) in [6, 6.07) is 21.3. The second-order valence-corrected chi connectivity index (χ2v) is 8.74. The van der Waals surface area contributed by atoms with E-state index in [1.165, 1.54) is 4.90 Å². The predicted molar refractivity (Wildman–Crippen MR) is 115 cm³/mol. The number of carbonyl (C=O) groups excluding carboxylic acids is 2. The molecular weight excluding hydrogens is 374 g/mol. The van der Waals surface area contributed by atoms with Gasteiger partial charge in [-0.1, -0.05) is 42.5 Å². The third-order valence-electron chi connectivity index (χ3n) is 7.16. The third-order valence-corrected chi connectivity index (χ3v) is 7.16. The lowest BCUT2D eigenvalue weighted by Crippen LogP contribution is -2.37. The molecule has 148 valence electrons. The van der Waals surface area contributed by atoms with Gasteiger partial charge in [0, 0.05) is 0 Å².